The molecule has 0 spiro atoms. The van der Waals surface area contributed by atoms with Crippen LogP contribution in [0.2, 0.25) is 3.43 Å². The fourth-order valence-corrected chi connectivity index (χ4v) is 3.91. The number of carboxylic acid groups (broad SMARTS) is 1. The summed E-state index contributed by atoms with van der Waals surface area (Å²) in [6, 6.07) is 0. The second-order valence-corrected chi connectivity index (χ2v) is 6.31. The van der Waals surface area contributed by atoms with Crippen molar-refractivity contribution >= 4 is 5.97 Å². The topological polar surface area (TPSA) is 46.5 Å². The summed E-state index contributed by atoms with van der Waals surface area (Å²) in [5.41, 5.74) is 0. The van der Waals surface area contributed by atoms with E-state index in [0.29, 0.717) is 5.92 Å². The van der Waals surface area contributed by atoms with Crippen molar-refractivity contribution in [3.63, 3.8) is 0 Å². The molecule has 0 aromatic heterocycles. The first-order chi connectivity index (χ1) is 5.00. The molecule has 0 saturated heterocycles. The monoisotopic (exact) mass is 347 g/mol. The van der Waals surface area contributed by atoms with Gasteiger partial charge in [-0.1, -0.05) is 0 Å². The zero-order valence-electron chi connectivity index (χ0n) is 7.20. The molecule has 3 nitrogen and oxygen atoms in total. The molecule has 0 radical (unpaired) electrons. The van der Waals surface area contributed by atoms with Gasteiger partial charge in [-0.15, -0.1) is 0 Å². The van der Waals surface area contributed by atoms with Crippen LogP contribution in [0.1, 0.15) is 13.8 Å². The Morgan fingerprint density at radius 1 is 1.55 bits per heavy atom. The maximum atomic E-state index is 10.6. The number of hydrogen-bond acceptors (Lipinski definition) is 2. The summed E-state index contributed by atoms with van der Waals surface area (Å²) in [7, 11) is 1.58. The van der Waals surface area contributed by atoms with Gasteiger partial charge in [-0.3, -0.25) is 0 Å². The molecule has 11 heavy (non-hydrogen) atoms. The van der Waals surface area contributed by atoms with Gasteiger partial charge in [-0.2, -0.15) is 0 Å². The summed E-state index contributed by atoms with van der Waals surface area (Å²) < 4.78 is 4.87. The average molecular weight is 346 g/mol. The molecule has 0 aromatic rings. The molecule has 0 rings (SSSR count). The van der Waals surface area contributed by atoms with Gasteiger partial charge in [-0.25, -0.2) is 0 Å². The summed E-state index contributed by atoms with van der Waals surface area (Å²) >= 11 is 0.230. The summed E-state index contributed by atoms with van der Waals surface area (Å²) in [6.45, 7) is 3.97. The van der Waals surface area contributed by atoms with E-state index in [1.807, 2.05) is 13.8 Å². The Morgan fingerprint density at radius 2 is 2.00 bits per heavy atom. The molecule has 2 unspecified atom stereocenters. The molecule has 0 fully saturated rings. The third-order valence-electron chi connectivity index (χ3n) is 1.64. The number of ether oxygens (including phenoxy) is 1. The van der Waals surface area contributed by atoms with Crippen molar-refractivity contribution in [2.75, 3.05) is 7.11 Å². The van der Waals surface area contributed by atoms with Crippen LogP contribution in [0.5, 0.6) is 0 Å². The van der Waals surface area contributed by atoms with Crippen molar-refractivity contribution in [3.05, 3.63) is 0 Å². The molecule has 1 N–H and O–H groups in total. The van der Waals surface area contributed by atoms with Crippen molar-refractivity contribution in [2.24, 2.45) is 5.92 Å². The molecule has 4 heteroatoms. The van der Waals surface area contributed by atoms with Gasteiger partial charge in [0.15, 0.2) is 0 Å². The van der Waals surface area contributed by atoms with Gasteiger partial charge in [0.25, 0.3) is 0 Å². The minimum atomic E-state index is -0.714. The number of carboxylic acids is 1. The van der Waals surface area contributed by atoms with Crippen LogP contribution in [0.3, 0.4) is 0 Å². The zero-order valence-corrected chi connectivity index (χ0v) is 12.7. The van der Waals surface area contributed by atoms with Crippen LogP contribution >= 0.6 is 0 Å². The molecule has 2 atom stereocenters. The molecule has 0 bridgehead atoms. The first kappa shape index (κ1) is 11.4. The summed E-state index contributed by atoms with van der Waals surface area (Å²) in [5.74, 6) is -0.424. The fourth-order valence-electron chi connectivity index (χ4n) is 1.04. The van der Waals surface area contributed by atoms with Crippen LogP contribution in [-0.2, 0) is 35.7 Å². The Balaban J connectivity index is 4.13. The van der Waals surface area contributed by atoms with Crippen LogP contribution in [0.25, 0.3) is 0 Å². The van der Waals surface area contributed by atoms with Gasteiger partial charge in [0.2, 0.25) is 0 Å². The fraction of sp³-hybridized carbons (Fsp3) is 0.857. The molecule has 0 aromatic carbocycles. The molecular weight excluding hydrogens is 333 g/mol. The van der Waals surface area contributed by atoms with Crippen LogP contribution in [-0.4, -0.2) is 24.3 Å². The van der Waals surface area contributed by atoms with E-state index in [2.05, 4.69) is 0 Å². The van der Waals surface area contributed by atoms with Gasteiger partial charge >= 0.3 is 83.1 Å². The minimum absolute atomic E-state index is 0.101. The Bertz CT molecular complexity index is 136. The third-order valence-corrected chi connectivity index (χ3v) is 4.81. The van der Waals surface area contributed by atoms with Gasteiger partial charge in [0.1, 0.15) is 0 Å². The van der Waals surface area contributed by atoms with Crippen LogP contribution in [0, 0.1) is 5.92 Å². The van der Waals surface area contributed by atoms with Crippen LogP contribution in [0.15, 0.2) is 0 Å². The van der Waals surface area contributed by atoms with Gasteiger partial charge in [0, 0.05) is 0 Å². The zero-order chi connectivity index (χ0) is 9.02. The number of rotatable bonds is 4. The number of carbonyl (C=O) groups is 1. The number of methoxy groups -OCH3 is 1. The Hall–Kier alpha value is 0.365. The SMILES string of the molecule is COC(C(C)C)[CH]([Hg])C(=O)O. The molecular formula is C7H13HgO3. The first-order valence-electron chi connectivity index (χ1n) is 3.59. The molecule has 61 valence electrons. The van der Waals surface area contributed by atoms with Crippen molar-refractivity contribution in [2.45, 2.75) is 23.4 Å². The van der Waals surface area contributed by atoms with Crippen molar-refractivity contribution in [3.8, 4) is 0 Å². The Morgan fingerprint density at radius 3 is 2.09 bits per heavy atom. The van der Waals surface area contributed by atoms with E-state index in [9.17, 15) is 4.79 Å². The van der Waals surface area contributed by atoms with Crippen LogP contribution in [0.4, 0.5) is 0 Å². The van der Waals surface area contributed by atoms with E-state index in [-0.39, 0.29) is 35.7 Å². The van der Waals surface area contributed by atoms with E-state index in [4.69, 9.17) is 9.84 Å². The van der Waals surface area contributed by atoms with E-state index in [1.165, 1.54) is 0 Å². The third kappa shape index (κ3) is 3.51. The van der Waals surface area contributed by atoms with Gasteiger partial charge in [-0.05, 0) is 0 Å². The van der Waals surface area contributed by atoms with Crippen molar-refractivity contribution in [1.82, 2.24) is 0 Å². The number of hydrogen-bond donors (Lipinski definition) is 1. The van der Waals surface area contributed by atoms with E-state index < -0.39 is 5.97 Å². The average Bonchev–Trinajstić information content (AvgIpc) is 1.88. The number of aliphatic carboxylic acids is 1. The molecule has 0 aliphatic rings. The second kappa shape index (κ2) is 5.09. The van der Waals surface area contributed by atoms with Crippen molar-refractivity contribution in [1.29, 1.82) is 0 Å². The first-order valence-corrected chi connectivity index (χ1v) is 6.76. The normalized spacial score (nSPS) is 16.5. The summed E-state index contributed by atoms with van der Waals surface area (Å²) in [5, 5.41) is 8.70. The Labute approximate surface area is 83.1 Å². The molecule has 0 aliphatic heterocycles. The quantitative estimate of drug-likeness (QED) is 0.776. The predicted molar refractivity (Wildman–Crippen MR) is 37.0 cm³/mol. The van der Waals surface area contributed by atoms with Crippen molar-refractivity contribution < 1.29 is 40.8 Å². The molecule has 0 aliphatic carbocycles. The summed E-state index contributed by atoms with van der Waals surface area (Å²) in [6.07, 6.45) is -0.101. The van der Waals surface area contributed by atoms with E-state index in [1.54, 1.807) is 7.11 Å². The maximum absolute atomic E-state index is 10.6. The molecule has 0 saturated carbocycles. The molecule has 0 heterocycles. The standard InChI is InChI=1S/C7H13O3.Hg/c1-5(2)6(10-3)4-7(8)9;/h4-6H,1-3H3,(H,8,9);. The van der Waals surface area contributed by atoms with Gasteiger partial charge in [0.05, 0.1) is 0 Å². The molecule has 0 amide bonds. The van der Waals surface area contributed by atoms with E-state index in [0.717, 1.165) is 0 Å². The van der Waals surface area contributed by atoms with Crippen LogP contribution < -0.4 is 0 Å². The summed E-state index contributed by atoms with van der Waals surface area (Å²) in [4.78, 5) is 10.6. The van der Waals surface area contributed by atoms with E-state index >= 15 is 0 Å². The van der Waals surface area contributed by atoms with Gasteiger partial charge < -0.3 is 0 Å². The Kier molecular flexibility index (Phi) is 5.26. The second-order valence-electron chi connectivity index (χ2n) is 2.89. The predicted octanol–water partition coefficient (Wildman–Crippen LogP) is 1.08.